The monoisotopic (exact) mass is 316 g/mol. The van der Waals surface area contributed by atoms with Crippen LogP contribution in [0.3, 0.4) is 0 Å². The number of carbonyl (C=O) groups excluding carboxylic acids is 3. The van der Waals surface area contributed by atoms with Gasteiger partial charge in [0.15, 0.2) is 0 Å². The molecule has 0 bridgehead atoms. The number of carboxylic acid groups (broad SMARTS) is 1. The first-order valence-electron chi connectivity index (χ1n) is 7.30. The molecule has 5 nitrogen and oxygen atoms in total. The van der Waals surface area contributed by atoms with E-state index in [0.717, 1.165) is 10.3 Å². The summed E-state index contributed by atoms with van der Waals surface area (Å²) in [5.41, 5.74) is 0.950. The number of rotatable bonds is 2. The summed E-state index contributed by atoms with van der Waals surface area (Å²) in [5, 5.41) is 12.5. The predicted octanol–water partition coefficient (Wildman–Crippen LogP) is 2.00. The molecule has 0 atom stereocenters. The smallest absolute Gasteiger partial charge is 0.265 e. The molecule has 5 heteroatoms. The quantitative estimate of drug-likeness (QED) is 0.678. The van der Waals surface area contributed by atoms with Crippen LogP contribution in [0.4, 0.5) is 5.69 Å². The molecule has 0 saturated carbocycles. The van der Waals surface area contributed by atoms with Crippen LogP contribution in [0.5, 0.6) is 0 Å². The van der Waals surface area contributed by atoms with Crippen molar-refractivity contribution in [2.45, 2.75) is 0 Å². The second-order valence-electron chi connectivity index (χ2n) is 5.49. The number of carbonyl (C=O) groups is 3. The van der Waals surface area contributed by atoms with E-state index in [1.807, 2.05) is 12.1 Å². The van der Waals surface area contributed by atoms with Crippen molar-refractivity contribution >= 4 is 34.2 Å². The number of aromatic carboxylic acids is 1. The first kappa shape index (κ1) is 14.1. The average molecular weight is 316 g/mol. The Morgan fingerprint density at radius 1 is 0.833 bits per heavy atom. The molecule has 3 aromatic carbocycles. The second kappa shape index (κ2) is 5.03. The van der Waals surface area contributed by atoms with E-state index in [-0.39, 0.29) is 11.3 Å². The van der Waals surface area contributed by atoms with E-state index in [4.69, 9.17) is 0 Å². The molecule has 1 aliphatic heterocycles. The van der Waals surface area contributed by atoms with Crippen LogP contribution in [0.25, 0.3) is 10.8 Å². The van der Waals surface area contributed by atoms with Crippen LogP contribution in [0, 0.1) is 0 Å². The zero-order valence-corrected chi connectivity index (χ0v) is 12.4. The second-order valence-corrected chi connectivity index (χ2v) is 5.49. The summed E-state index contributed by atoms with van der Waals surface area (Å²) in [6.07, 6.45) is 0. The van der Waals surface area contributed by atoms with E-state index >= 15 is 0 Å². The molecule has 0 unspecified atom stereocenters. The van der Waals surface area contributed by atoms with Gasteiger partial charge in [-0.15, -0.1) is 0 Å². The minimum Gasteiger partial charge on any atom is -0.545 e. The third-order valence-electron chi connectivity index (χ3n) is 4.11. The molecule has 0 spiro atoms. The zero-order chi connectivity index (χ0) is 16.8. The van der Waals surface area contributed by atoms with Crippen molar-refractivity contribution in [3.63, 3.8) is 0 Å². The summed E-state index contributed by atoms with van der Waals surface area (Å²) in [4.78, 5) is 37.7. The number of carboxylic acids is 1. The third-order valence-corrected chi connectivity index (χ3v) is 4.11. The van der Waals surface area contributed by atoms with Gasteiger partial charge in [0, 0.05) is 16.5 Å². The van der Waals surface area contributed by atoms with Gasteiger partial charge in [0.05, 0.1) is 11.7 Å². The Labute approximate surface area is 136 Å². The van der Waals surface area contributed by atoms with Crippen LogP contribution in [0.2, 0.25) is 0 Å². The molecule has 0 radical (unpaired) electrons. The van der Waals surface area contributed by atoms with E-state index in [1.54, 1.807) is 24.3 Å². The van der Waals surface area contributed by atoms with Gasteiger partial charge in [-0.2, -0.15) is 0 Å². The lowest BCUT2D eigenvalue weighted by Gasteiger charge is -2.27. The van der Waals surface area contributed by atoms with Gasteiger partial charge in [-0.3, -0.25) is 9.59 Å². The molecule has 0 saturated heterocycles. The van der Waals surface area contributed by atoms with Crippen molar-refractivity contribution in [1.82, 2.24) is 0 Å². The van der Waals surface area contributed by atoms with Gasteiger partial charge >= 0.3 is 0 Å². The lowest BCUT2D eigenvalue weighted by molar-refractivity contribution is -0.255. The summed E-state index contributed by atoms with van der Waals surface area (Å²) in [6.45, 7) is 0. The fourth-order valence-corrected chi connectivity index (χ4v) is 3.04. The molecular formula is C19H10NO4-. The Morgan fingerprint density at radius 3 is 2.00 bits per heavy atom. The summed E-state index contributed by atoms with van der Waals surface area (Å²) in [5.74, 6) is -2.31. The molecule has 0 aliphatic carbocycles. The molecule has 0 N–H and O–H groups in total. The van der Waals surface area contributed by atoms with Crippen molar-refractivity contribution in [3.8, 4) is 0 Å². The van der Waals surface area contributed by atoms with Crippen molar-refractivity contribution in [2.24, 2.45) is 0 Å². The minimum absolute atomic E-state index is 0.0924. The molecule has 24 heavy (non-hydrogen) atoms. The van der Waals surface area contributed by atoms with E-state index in [9.17, 15) is 19.5 Å². The third kappa shape index (κ3) is 1.91. The maximum absolute atomic E-state index is 12.8. The average Bonchev–Trinajstić information content (AvgIpc) is 2.60. The van der Waals surface area contributed by atoms with Crippen molar-refractivity contribution < 1.29 is 19.5 Å². The van der Waals surface area contributed by atoms with Gasteiger partial charge in [0.1, 0.15) is 0 Å². The number of nitrogens with zero attached hydrogens (tertiary/aromatic N) is 1. The van der Waals surface area contributed by atoms with Crippen LogP contribution >= 0.6 is 0 Å². The molecular weight excluding hydrogens is 306 g/mol. The Hall–Kier alpha value is -3.47. The molecule has 4 rings (SSSR count). The SMILES string of the molecule is O=C([O-])c1cccc(N2C(=O)c3cccc4cccc(c34)C2=O)c1. The lowest BCUT2D eigenvalue weighted by Crippen LogP contribution is -2.40. The molecule has 1 aliphatic rings. The number of benzene rings is 3. The van der Waals surface area contributed by atoms with Gasteiger partial charge in [-0.1, -0.05) is 36.4 Å². The fraction of sp³-hybridized carbons (Fsp3) is 0. The topological polar surface area (TPSA) is 77.5 Å². The van der Waals surface area contributed by atoms with Crippen LogP contribution in [0.15, 0.2) is 60.7 Å². The van der Waals surface area contributed by atoms with E-state index in [2.05, 4.69) is 0 Å². The van der Waals surface area contributed by atoms with Crippen molar-refractivity contribution in [2.75, 3.05) is 4.90 Å². The van der Waals surface area contributed by atoms with Gasteiger partial charge in [-0.05, 0) is 35.2 Å². The van der Waals surface area contributed by atoms with Crippen LogP contribution < -0.4 is 10.0 Å². The zero-order valence-electron chi connectivity index (χ0n) is 12.4. The predicted molar refractivity (Wildman–Crippen MR) is 85.9 cm³/mol. The minimum atomic E-state index is -1.36. The number of imide groups is 1. The number of anilines is 1. The largest absolute Gasteiger partial charge is 0.545 e. The van der Waals surface area contributed by atoms with E-state index in [1.165, 1.54) is 24.3 Å². The highest BCUT2D eigenvalue weighted by Gasteiger charge is 2.33. The first-order valence-corrected chi connectivity index (χ1v) is 7.30. The van der Waals surface area contributed by atoms with Crippen molar-refractivity contribution in [3.05, 3.63) is 77.4 Å². The number of amides is 2. The standard InChI is InChI=1S/C19H11NO4/c21-17-14-8-2-4-11-5-3-9-15(16(11)14)18(22)20(17)13-7-1-6-12(10-13)19(23)24/h1-10H,(H,23,24)/p-1. The fourth-order valence-electron chi connectivity index (χ4n) is 3.04. The Bertz CT molecular complexity index is 988. The normalized spacial score (nSPS) is 13.4. The Balaban J connectivity index is 1.94. The molecule has 1 heterocycles. The maximum Gasteiger partial charge on any atom is 0.265 e. The van der Waals surface area contributed by atoms with Gasteiger partial charge in [-0.25, -0.2) is 4.90 Å². The summed E-state index contributed by atoms with van der Waals surface area (Å²) < 4.78 is 0. The highest BCUT2D eigenvalue weighted by Crippen LogP contribution is 2.32. The number of hydrogen-bond acceptors (Lipinski definition) is 4. The van der Waals surface area contributed by atoms with E-state index < -0.39 is 17.8 Å². The molecule has 0 fully saturated rings. The number of hydrogen-bond donors (Lipinski definition) is 0. The van der Waals surface area contributed by atoms with Crippen LogP contribution in [-0.2, 0) is 0 Å². The van der Waals surface area contributed by atoms with Gasteiger partial charge in [0.2, 0.25) is 0 Å². The molecule has 116 valence electrons. The summed E-state index contributed by atoms with van der Waals surface area (Å²) >= 11 is 0. The summed E-state index contributed by atoms with van der Waals surface area (Å²) in [6, 6.07) is 16.1. The lowest BCUT2D eigenvalue weighted by atomic mass is 9.93. The van der Waals surface area contributed by atoms with Crippen molar-refractivity contribution in [1.29, 1.82) is 0 Å². The molecule has 2 amide bonds. The Kier molecular flexibility index (Phi) is 2.96. The maximum atomic E-state index is 12.8. The Morgan fingerprint density at radius 2 is 1.42 bits per heavy atom. The molecule has 3 aromatic rings. The van der Waals surface area contributed by atoms with Crippen LogP contribution in [0.1, 0.15) is 31.1 Å². The molecule has 0 aromatic heterocycles. The van der Waals surface area contributed by atoms with Crippen LogP contribution in [-0.4, -0.2) is 17.8 Å². The first-order chi connectivity index (χ1) is 11.6. The van der Waals surface area contributed by atoms with Gasteiger partial charge in [0.25, 0.3) is 11.8 Å². The highest BCUT2D eigenvalue weighted by molar-refractivity contribution is 6.35. The summed E-state index contributed by atoms with van der Waals surface area (Å²) in [7, 11) is 0. The van der Waals surface area contributed by atoms with Gasteiger partial charge < -0.3 is 9.90 Å². The highest BCUT2D eigenvalue weighted by atomic mass is 16.4. The van der Waals surface area contributed by atoms with E-state index in [0.29, 0.717) is 16.5 Å².